The molecule has 0 bridgehead atoms. The first-order chi connectivity index (χ1) is 17.2. The lowest BCUT2D eigenvalue weighted by molar-refractivity contribution is -0.350. The van der Waals surface area contributed by atoms with E-state index in [1.165, 1.54) is 18.3 Å². The van der Waals surface area contributed by atoms with Gasteiger partial charge >= 0.3 is 18.0 Å². The predicted octanol–water partition coefficient (Wildman–Crippen LogP) is 5.19. The van der Waals surface area contributed by atoms with Crippen LogP contribution in [0.3, 0.4) is 0 Å². The van der Waals surface area contributed by atoms with Gasteiger partial charge in [0.15, 0.2) is 0 Å². The van der Waals surface area contributed by atoms with Gasteiger partial charge in [0, 0.05) is 12.2 Å². The number of thiazole rings is 1. The largest absolute Gasteiger partial charge is 0.459 e. The Morgan fingerprint density at radius 2 is 1.68 bits per heavy atom. The summed E-state index contributed by atoms with van der Waals surface area (Å²) in [6, 6.07) is 1.66. The average molecular weight is 551 g/mol. The van der Waals surface area contributed by atoms with Crippen molar-refractivity contribution in [3.05, 3.63) is 23.7 Å². The summed E-state index contributed by atoms with van der Waals surface area (Å²) in [6.45, 7) is 1.28. The molecule has 3 aromatic heterocycles. The van der Waals surface area contributed by atoms with E-state index < -0.39 is 30.5 Å². The van der Waals surface area contributed by atoms with Gasteiger partial charge in [-0.15, -0.1) is 11.3 Å². The summed E-state index contributed by atoms with van der Waals surface area (Å²) >= 11 is 1.31. The molecule has 2 aliphatic rings. The number of rotatable bonds is 7. The number of alkyl halides is 7. The normalized spacial score (nSPS) is 23.8. The van der Waals surface area contributed by atoms with Crippen LogP contribution in [0.4, 0.5) is 42.5 Å². The quantitative estimate of drug-likeness (QED) is 0.349. The summed E-state index contributed by atoms with van der Waals surface area (Å²) in [5.41, 5.74) is 2.02. The summed E-state index contributed by atoms with van der Waals surface area (Å²) in [7, 11) is 0. The van der Waals surface area contributed by atoms with Crippen molar-refractivity contribution in [3.63, 3.8) is 0 Å². The van der Waals surface area contributed by atoms with Crippen LogP contribution in [0.2, 0.25) is 0 Å². The third kappa shape index (κ3) is 4.45. The molecule has 2 atom stereocenters. The minimum absolute atomic E-state index is 0.118. The number of aliphatic hydroxyl groups is 1. The second-order valence-electron chi connectivity index (χ2n) is 9.38. The molecule has 15 heteroatoms. The van der Waals surface area contributed by atoms with Crippen molar-refractivity contribution in [2.75, 3.05) is 17.2 Å². The highest BCUT2D eigenvalue weighted by atomic mass is 32.1. The second kappa shape index (κ2) is 8.61. The number of aliphatic hydroxyl groups excluding tert-OH is 1. The van der Waals surface area contributed by atoms with Gasteiger partial charge in [-0.05, 0) is 44.6 Å². The Bertz CT molecular complexity index is 1340. The van der Waals surface area contributed by atoms with Gasteiger partial charge in [0.2, 0.25) is 5.95 Å². The number of hydrogen-bond donors (Lipinski definition) is 3. The van der Waals surface area contributed by atoms with Crippen molar-refractivity contribution in [2.24, 2.45) is 11.8 Å². The van der Waals surface area contributed by atoms with Crippen LogP contribution in [-0.2, 0) is 0 Å². The minimum atomic E-state index is -6.43. The van der Waals surface area contributed by atoms with Crippen LogP contribution in [0, 0.1) is 25.7 Å². The van der Waals surface area contributed by atoms with Gasteiger partial charge in [0.25, 0.3) is 0 Å². The van der Waals surface area contributed by atoms with E-state index in [-0.39, 0.29) is 35.5 Å². The molecule has 2 fully saturated rings. The zero-order valence-electron chi connectivity index (χ0n) is 19.4. The van der Waals surface area contributed by atoms with Gasteiger partial charge in [-0.3, -0.25) is 4.98 Å². The van der Waals surface area contributed by atoms with Gasteiger partial charge in [0.05, 0.1) is 34.3 Å². The van der Waals surface area contributed by atoms with Crippen molar-refractivity contribution < 1.29 is 35.8 Å². The number of fused-ring (bicyclic) bond motifs is 2. The highest BCUT2D eigenvalue weighted by molar-refractivity contribution is 7.21. The average Bonchev–Trinajstić information content (AvgIpc) is 3.16. The molecule has 200 valence electrons. The molecule has 0 aromatic carbocycles. The van der Waals surface area contributed by atoms with Crippen LogP contribution in [0.25, 0.3) is 20.8 Å². The monoisotopic (exact) mass is 550 g/mol. The van der Waals surface area contributed by atoms with Crippen molar-refractivity contribution in [3.8, 4) is 10.6 Å². The molecule has 37 heavy (non-hydrogen) atoms. The van der Waals surface area contributed by atoms with E-state index in [2.05, 4.69) is 25.3 Å². The molecular formula is C22H21F7N6OS. The van der Waals surface area contributed by atoms with E-state index in [9.17, 15) is 35.8 Å². The summed E-state index contributed by atoms with van der Waals surface area (Å²) in [6.07, 6.45) is -3.90. The van der Waals surface area contributed by atoms with E-state index in [4.69, 9.17) is 0 Å². The number of hydrogen-bond acceptors (Lipinski definition) is 8. The molecule has 0 amide bonds. The number of aromatic nitrogens is 4. The molecule has 0 spiro atoms. The number of anilines is 2. The first kappa shape index (κ1) is 25.8. The Balaban J connectivity index is 1.48. The maximum Gasteiger partial charge on any atom is 0.459 e. The van der Waals surface area contributed by atoms with E-state index in [1.807, 2.05) is 5.32 Å². The number of halogens is 7. The molecule has 3 heterocycles. The van der Waals surface area contributed by atoms with Crippen molar-refractivity contribution in [1.82, 2.24) is 19.9 Å². The topological polar surface area (TPSA) is 95.9 Å². The fourth-order valence-electron chi connectivity index (χ4n) is 4.73. The molecule has 3 aromatic rings. The Labute approximate surface area is 209 Å². The molecule has 5 rings (SSSR count). The molecule has 0 saturated heterocycles. The lowest BCUT2D eigenvalue weighted by Gasteiger charge is -2.28. The van der Waals surface area contributed by atoms with Crippen LogP contribution in [0.1, 0.15) is 24.2 Å². The third-order valence-electron chi connectivity index (χ3n) is 6.82. The van der Waals surface area contributed by atoms with Crippen LogP contribution in [0.15, 0.2) is 12.3 Å². The van der Waals surface area contributed by atoms with Crippen LogP contribution >= 0.6 is 11.3 Å². The molecule has 3 N–H and O–H groups in total. The molecule has 2 unspecified atom stereocenters. The summed E-state index contributed by atoms with van der Waals surface area (Å²) in [5.74, 6) is -11.8. The maximum atomic E-state index is 13.9. The first-order valence-electron chi connectivity index (χ1n) is 11.3. The van der Waals surface area contributed by atoms with E-state index in [1.54, 1.807) is 19.2 Å². The number of pyridine rings is 1. The Hall–Kier alpha value is -2.81. The minimum Gasteiger partial charge on any atom is -0.393 e. The van der Waals surface area contributed by atoms with Crippen molar-refractivity contribution in [1.29, 1.82) is 0 Å². The van der Waals surface area contributed by atoms with Gasteiger partial charge in [-0.25, -0.2) is 9.97 Å². The number of nitrogens with one attached hydrogen (secondary N) is 2. The zero-order valence-corrected chi connectivity index (χ0v) is 20.2. The van der Waals surface area contributed by atoms with E-state index >= 15 is 0 Å². The zero-order chi connectivity index (χ0) is 26.9. The first-order valence-corrected chi connectivity index (χ1v) is 12.1. The molecule has 2 saturated carbocycles. The molecule has 7 nitrogen and oxygen atoms in total. The predicted molar refractivity (Wildman–Crippen MR) is 122 cm³/mol. The lowest BCUT2D eigenvalue weighted by atomic mass is 10.1. The summed E-state index contributed by atoms with van der Waals surface area (Å²) in [4.78, 5) is 17.1. The highest BCUT2D eigenvalue weighted by Crippen LogP contribution is 2.53. The number of nitrogens with zero attached hydrogens (tertiary/aromatic N) is 4. The lowest BCUT2D eigenvalue weighted by Crippen LogP contribution is -2.55. The fraction of sp³-hybridized carbons (Fsp3) is 0.545. The van der Waals surface area contributed by atoms with E-state index in [0.717, 1.165) is 4.70 Å². The van der Waals surface area contributed by atoms with Gasteiger partial charge in [0.1, 0.15) is 16.3 Å². The molecule has 0 radical (unpaired) electrons. The Kier molecular flexibility index (Phi) is 6.01. The Morgan fingerprint density at radius 1 is 1.00 bits per heavy atom. The molecule has 2 aliphatic carbocycles. The SMILES string of the molecule is Cc1nc(NCC(F)(F)C(F)(F)C(F)(F)F)nc(NC2CC3C(O)C3C2)c1-c1nc2c(C)nccc2s1. The fourth-order valence-corrected chi connectivity index (χ4v) is 5.84. The molecule has 0 aliphatic heterocycles. The van der Waals surface area contributed by atoms with E-state index in [0.29, 0.717) is 34.6 Å². The maximum absolute atomic E-state index is 13.9. The Morgan fingerprint density at radius 3 is 2.30 bits per heavy atom. The van der Waals surface area contributed by atoms with Crippen LogP contribution in [-0.4, -0.2) is 61.8 Å². The van der Waals surface area contributed by atoms with Gasteiger partial charge < -0.3 is 15.7 Å². The molecular weight excluding hydrogens is 529 g/mol. The number of aryl methyl sites for hydroxylation is 2. The summed E-state index contributed by atoms with van der Waals surface area (Å²) in [5, 5.41) is 15.4. The highest BCUT2D eigenvalue weighted by Gasteiger charge is 2.72. The standard InChI is InChI=1S/C22H21F7N6OS/c1-8-14(18-34-15-9(2)30-4-3-13(15)37-18)17(33-10-5-11-12(6-10)16(11)36)35-19(32-8)31-7-20(23,24)21(25,26)22(27,28)29/h3-4,10-12,16,36H,5-7H2,1-2H3,(H2,31,32,33,35). The van der Waals surface area contributed by atoms with Gasteiger partial charge in [-0.1, -0.05) is 0 Å². The van der Waals surface area contributed by atoms with Crippen molar-refractivity contribution in [2.45, 2.75) is 56.9 Å². The van der Waals surface area contributed by atoms with Crippen molar-refractivity contribution >= 4 is 33.3 Å². The summed E-state index contributed by atoms with van der Waals surface area (Å²) < 4.78 is 92.7. The second-order valence-corrected chi connectivity index (χ2v) is 10.4. The van der Waals surface area contributed by atoms with Gasteiger partial charge in [-0.2, -0.15) is 35.7 Å². The third-order valence-corrected chi connectivity index (χ3v) is 7.86. The van der Waals surface area contributed by atoms with Crippen LogP contribution in [0.5, 0.6) is 0 Å². The van der Waals surface area contributed by atoms with Crippen LogP contribution < -0.4 is 10.6 Å². The smallest absolute Gasteiger partial charge is 0.393 e.